The Balaban J connectivity index is 1.77. The summed E-state index contributed by atoms with van der Waals surface area (Å²) < 4.78 is 8.66. The maximum Gasteiger partial charge on any atom is 0.406 e. The number of imide groups is 1. The number of fused-ring (bicyclic) bond motifs is 3. The number of hydrogen-bond donors (Lipinski definition) is 0. The number of benzene rings is 1. The molecule has 3 amide bonds. The second kappa shape index (κ2) is 6.29. The lowest BCUT2D eigenvalue weighted by atomic mass is 10.2. The van der Waals surface area contributed by atoms with Crippen molar-refractivity contribution in [3.05, 3.63) is 41.7 Å². The van der Waals surface area contributed by atoms with Gasteiger partial charge in [-0.05, 0) is 38.1 Å². The Hall–Kier alpha value is -3.49. The molecule has 9 nitrogen and oxygen atoms in total. The Kier molecular flexibility index (Phi) is 4.02. The van der Waals surface area contributed by atoms with E-state index in [0.717, 1.165) is 16.3 Å². The summed E-state index contributed by atoms with van der Waals surface area (Å²) in [6, 6.07) is 5.89. The van der Waals surface area contributed by atoms with Gasteiger partial charge in [0.1, 0.15) is 17.6 Å². The van der Waals surface area contributed by atoms with Crippen LogP contribution in [0.15, 0.2) is 35.5 Å². The van der Waals surface area contributed by atoms with E-state index in [1.54, 1.807) is 42.8 Å². The number of aliphatic imine (C=N–C) groups is 1. The molecule has 4 rings (SSSR count). The summed E-state index contributed by atoms with van der Waals surface area (Å²) in [5.41, 5.74) is 2.12. The summed E-state index contributed by atoms with van der Waals surface area (Å²) in [5, 5.41) is 0. The van der Waals surface area contributed by atoms with Gasteiger partial charge in [0, 0.05) is 14.1 Å². The molecule has 2 aromatic rings. The van der Waals surface area contributed by atoms with E-state index < -0.39 is 12.1 Å². The number of urea groups is 1. The van der Waals surface area contributed by atoms with Gasteiger partial charge in [-0.3, -0.25) is 14.6 Å². The molecule has 1 atom stereocenters. The number of imidazole rings is 1. The average molecular weight is 382 g/mol. The fourth-order valence-corrected chi connectivity index (χ4v) is 3.54. The van der Waals surface area contributed by atoms with Crippen molar-refractivity contribution in [2.45, 2.75) is 19.9 Å². The van der Waals surface area contributed by atoms with Gasteiger partial charge in [0.25, 0.3) is 5.91 Å². The number of carbonyl (C=O) groups is 3. The predicted molar refractivity (Wildman–Crippen MR) is 98.7 cm³/mol. The molecule has 1 aromatic heterocycles. The number of rotatable bonds is 3. The number of amides is 3. The quantitative estimate of drug-likeness (QED) is 0.592. The molecule has 3 heterocycles. The highest BCUT2D eigenvalue weighted by Crippen LogP contribution is 2.30. The number of likely N-dealkylation sites (N-methyl/N-ethyl adjacent to an activating group) is 2. The number of ether oxygens (including phenoxy) is 1. The minimum absolute atomic E-state index is 0.315. The maximum absolute atomic E-state index is 12.7. The Morgan fingerprint density at radius 3 is 2.50 bits per heavy atom. The van der Waals surface area contributed by atoms with Crippen LogP contribution < -0.4 is 4.57 Å². The van der Waals surface area contributed by atoms with Crippen molar-refractivity contribution in [3.8, 4) is 5.69 Å². The van der Waals surface area contributed by atoms with Crippen LogP contribution in [-0.4, -0.2) is 58.8 Å². The van der Waals surface area contributed by atoms with E-state index in [4.69, 9.17) is 4.74 Å². The second-order valence-corrected chi connectivity index (χ2v) is 6.69. The lowest BCUT2D eigenvalue weighted by Crippen LogP contribution is -2.61. The molecule has 2 aliphatic rings. The van der Waals surface area contributed by atoms with E-state index >= 15 is 0 Å². The number of carbonyl (C=O) groups excluding carboxylic acids is 3. The van der Waals surface area contributed by atoms with Crippen molar-refractivity contribution in [1.82, 2.24) is 14.4 Å². The van der Waals surface area contributed by atoms with E-state index in [2.05, 4.69) is 4.99 Å². The van der Waals surface area contributed by atoms with Crippen LogP contribution in [0, 0.1) is 6.92 Å². The van der Waals surface area contributed by atoms with Crippen molar-refractivity contribution in [3.63, 3.8) is 0 Å². The van der Waals surface area contributed by atoms with Crippen molar-refractivity contribution in [2.75, 3.05) is 20.7 Å². The molecule has 0 aliphatic carbocycles. The zero-order chi connectivity index (χ0) is 20.2. The molecule has 1 aromatic carbocycles. The van der Waals surface area contributed by atoms with E-state index in [-0.39, 0.29) is 11.9 Å². The molecule has 9 heteroatoms. The Morgan fingerprint density at radius 2 is 1.86 bits per heavy atom. The van der Waals surface area contributed by atoms with Gasteiger partial charge in [-0.1, -0.05) is 4.99 Å². The highest BCUT2D eigenvalue weighted by molar-refractivity contribution is 6.18. The van der Waals surface area contributed by atoms with Gasteiger partial charge >= 0.3 is 17.9 Å². The number of nitrogens with zero attached hydrogens (tertiary/aromatic N) is 5. The van der Waals surface area contributed by atoms with Crippen LogP contribution in [0.2, 0.25) is 0 Å². The van der Waals surface area contributed by atoms with Crippen molar-refractivity contribution in [2.24, 2.45) is 4.99 Å². The number of esters is 1. The van der Waals surface area contributed by atoms with Crippen LogP contribution in [0.25, 0.3) is 5.69 Å². The number of hydrogen-bond acceptors (Lipinski definition) is 5. The van der Waals surface area contributed by atoms with Crippen LogP contribution in [-0.2, 0) is 9.53 Å². The molecule has 144 valence electrons. The highest BCUT2D eigenvalue weighted by Gasteiger charge is 2.52. The first-order chi connectivity index (χ1) is 13.3. The summed E-state index contributed by atoms with van der Waals surface area (Å²) in [6.45, 7) is 3.98. The van der Waals surface area contributed by atoms with E-state index in [9.17, 15) is 14.4 Å². The summed E-state index contributed by atoms with van der Waals surface area (Å²) in [7, 11) is 3.07. The van der Waals surface area contributed by atoms with Crippen LogP contribution >= 0.6 is 0 Å². The Bertz CT molecular complexity index is 1040. The third-order valence-electron chi connectivity index (χ3n) is 4.97. The van der Waals surface area contributed by atoms with Gasteiger partial charge < -0.3 is 4.74 Å². The monoisotopic (exact) mass is 382 g/mol. The zero-order valence-corrected chi connectivity index (χ0v) is 16.0. The highest BCUT2D eigenvalue weighted by atomic mass is 16.5. The van der Waals surface area contributed by atoms with E-state index in [1.165, 1.54) is 11.9 Å². The van der Waals surface area contributed by atoms with Crippen molar-refractivity contribution in [1.29, 1.82) is 0 Å². The predicted octanol–water partition coefficient (Wildman–Crippen LogP) is 1.36. The molecule has 1 fully saturated rings. The van der Waals surface area contributed by atoms with E-state index in [1.807, 2.05) is 17.7 Å². The summed E-state index contributed by atoms with van der Waals surface area (Å²) in [5.74, 6) is 0.253. The molecule has 0 N–H and O–H groups in total. The minimum atomic E-state index is -0.665. The molecule has 2 aliphatic heterocycles. The fourth-order valence-electron chi connectivity index (χ4n) is 3.54. The summed E-state index contributed by atoms with van der Waals surface area (Å²) in [6.07, 6.45) is 1.84. The first-order valence-electron chi connectivity index (χ1n) is 8.90. The van der Waals surface area contributed by atoms with Crippen LogP contribution in [0.5, 0.6) is 0 Å². The lowest BCUT2D eigenvalue weighted by Gasteiger charge is -2.30. The molecular weight excluding hydrogens is 362 g/mol. The van der Waals surface area contributed by atoms with Gasteiger partial charge in [0.05, 0.1) is 12.2 Å². The van der Waals surface area contributed by atoms with Gasteiger partial charge in [0.15, 0.2) is 0 Å². The first-order valence-corrected chi connectivity index (χ1v) is 8.90. The summed E-state index contributed by atoms with van der Waals surface area (Å²) >= 11 is 0. The molecular formula is C19H20N5O4+. The van der Waals surface area contributed by atoms with Crippen LogP contribution in [0.1, 0.15) is 29.0 Å². The molecule has 0 spiro atoms. The summed E-state index contributed by atoms with van der Waals surface area (Å²) in [4.78, 5) is 43.8. The number of amidine groups is 1. The van der Waals surface area contributed by atoms with Crippen molar-refractivity contribution < 1.29 is 23.7 Å². The Labute approximate surface area is 161 Å². The lowest BCUT2D eigenvalue weighted by molar-refractivity contribution is -0.676. The van der Waals surface area contributed by atoms with Gasteiger partial charge in [0.2, 0.25) is 11.9 Å². The maximum atomic E-state index is 12.7. The normalized spacial score (nSPS) is 18.1. The first kappa shape index (κ1) is 17.9. The molecule has 1 saturated heterocycles. The standard InChI is InChI=1S/C19H20N5O4/c1-5-28-17(26)12-6-8-13(9-7-12)24-11(2)10-23-14-15(20-18(23)24)21(3)19(27)22(4)16(14)25/h6-10,14H,5H2,1-4H3/q+1. The third-order valence-corrected chi connectivity index (χ3v) is 4.97. The van der Waals surface area contributed by atoms with E-state index in [0.29, 0.717) is 24.0 Å². The second-order valence-electron chi connectivity index (χ2n) is 6.69. The molecule has 1 unspecified atom stereocenters. The fraction of sp³-hybridized carbons (Fsp3) is 0.316. The van der Waals surface area contributed by atoms with Crippen molar-refractivity contribution >= 4 is 29.7 Å². The number of aryl methyl sites for hydroxylation is 1. The smallest absolute Gasteiger partial charge is 0.406 e. The molecule has 0 saturated carbocycles. The Morgan fingerprint density at radius 1 is 1.18 bits per heavy atom. The van der Waals surface area contributed by atoms with Gasteiger partial charge in [-0.25, -0.2) is 14.2 Å². The molecule has 0 radical (unpaired) electrons. The molecule has 0 bridgehead atoms. The van der Waals surface area contributed by atoms with Crippen LogP contribution in [0.3, 0.4) is 0 Å². The largest absolute Gasteiger partial charge is 0.462 e. The average Bonchev–Trinajstić information content (AvgIpc) is 3.19. The van der Waals surface area contributed by atoms with Gasteiger partial charge in [-0.2, -0.15) is 4.57 Å². The molecule has 28 heavy (non-hydrogen) atoms. The third kappa shape index (κ3) is 2.43. The minimum Gasteiger partial charge on any atom is -0.462 e. The SMILES string of the molecule is CCOC(=O)c1ccc(-n2c(C)c[n+]3c2N=C2C3C(=O)N(C)C(=O)N2C)cc1. The number of aromatic nitrogens is 2. The van der Waals surface area contributed by atoms with Gasteiger partial charge in [-0.15, -0.1) is 0 Å². The topological polar surface area (TPSA) is 88.1 Å². The zero-order valence-electron chi connectivity index (χ0n) is 16.0. The van der Waals surface area contributed by atoms with Crippen LogP contribution in [0.4, 0.5) is 10.7 Å².